The molecule has 5 rings (SSSR count). The molecule has 3 atom stereocenters. The van der Waals surface area contributed by atoms with Crippen molar-refractivity contribution in [3.8, 4) is 5.75 Å². The highest BCUT2D eigenvalue weighted by atomic mass is 16.5. The average molecular weight is 464 g/mol. The van der Waals surface area contributed by atoms with Crippen molar-refractivity contribution in [1.29, 1.82) is 0 Å². The molecule has 2 aromatic rings. The van der Waals surface area contributed by atoms with Gasteiger partial charge in [-0.25, -0.2) is 4.79 Å². The van der Waals surface area contributed by atoms with Crippen LogP contribution in [0.25, 0.3) is 0 Å². The number of anilines is 1. The van der Waals surface area contributed by atoms with Crippen molar-refractivity contribution in [2.45, 2.75) is 43.3 Å². The minimum Gasteiger partial charge on any atom is -0.497 e. The summed E-state index contributed by atoms with van der Waals surface area (Å²) in [5.41, 5.74) is 15.2. The zero-order chi connectivity index (χ0) is 24.0. The van der Waals surface area contributed by atoms with E-state index in [1.807, 2.05) is 19.2 Å². The molecule has 1 aliphatic heterocycles. The van der Waals surface area contributed by atoms with Crippen LogP contribution in [0.1, 0.15) is 40.7 Å². The van der Waals surface area contributed by atoms with Gasteiger partial charge < -0.3 is 26.4 Å². The number of amides is 3. The summed E-state index contributed by atoms with van der Waals surface area (Å²) in [6.45, 7) is 1.99. The highest BCUT2D eigenvalue weighted by Crippen LogP contribution is 2.46. The molecular formula is C26H33N5O3. The molecular weight excluding hydrogens is 430 g/mol. The van der Waals surface area contributed by atoms with E-state index in [-0.39, 0.29) is 18.1 Å². The Kier molecular flexibility index (Phi) is 5.73. The van der Waals surface area contributed by atoms with E-state index < -0.39 is 11.4 Å². The molecule has 34 heavy (non-hydrogen) atoms. The summed E-state index contributed by atoms with van der Waals surface area (Å²) in [6, 6.07) is 12.5. The average Bonchev–Trinajstić information content (AvgIpc) is 3.65. The van der Waals surface area contributed by atoms with Gasteiger partial charge in [-0.15, -0.1) is 0 Å². The van der Waals surface area contributed by atoms with Gasteiger partial charge in [0.05, 0.1) is 18.7 Å². The van der Waals surface area contributed by atoms with Gasteiger partial charge in [0.2, 0.25) is 5.91 Å². The van der Waals surface area contributed by atoms with E-state index in [2.05, 4.69) is 16.3 Å². The van der Waals surface area contributed by atoms with Crippen LogP contribution < -0.4 is 21.5 Å². The molecule has 3 amide bonds. The molecule has 2 bridgehead atoms. The maximum atomic E-state index is 13.4. The van der Waals surface area contributed by atoms with Gasteiger partial charge in [0.15, 0.2) is 0 Å². The van der Waals surface area contributed by atoms with Crippen molar-refractivity contribution in [3.05, 3.63) is 59.2 Å². The van der Waals surface area contributed by atoms with Crippen LogP contribution >= 0.6 is 0 Å². The first kappa shape index (κ1) is 22.7. The lowest BCUT2D eigenvalue weighted by molar-refractivity contribution is -0.000462. The van der Waals surface area contributed by atoms with Gasteiger partial charge in [0.1, 0.15) is 5.75 Å². The number of likely N-dealkylation sites (N-methyl/N-ethyl adjacent to an activating group) is 1. The second-order valence-corrected chi connectivity index (χ2v) is 9.95. The summed E-state index contributed by atoms with van der Waals surface area (Å²) in [5, 5.41) is 2.96. The van der Waals surface area contributed by atoms with Crippen molar-refractivity contribution in [1.82, 2.24) is 9.80 Å². The Hall–Kier alpha value is -3.10. The number of urea groups is 1. The van der Waals surface area contributed by atoms with E-state index in [0.29, 0.717) is 11.3 Å². The fourth-order valence-corrected chi connectivity index (χ4v) is 5.76. The zero-order valence-electron chi connectivity index (χ0n) is 19.8. The van der Waals surface area contributed by atoms with Gasteiger partial charge in [0, 0.05) is 37.4 Å². The number of methoxy groups -OCH3 is 1. The Bertz CT molecular complexity index is 1100. The topological polar surface area (TPSA) is 114 Å². The maximum absolute atomic E-state index is 13.4. The molecule has 0 aromatic heterocycles. The monoisotopic (exact) mass is 463 g/mol. The van der Waals surface area contributed by atoms with Crippen LogP contribution in [0.5, 0.6) is 5.75 Å². The summed E-state index contributed by atoms with van der Waals surface area (Å²) in [4.78, 5) is 29.1. The van der Waals surface area contributed by atoms with Gasteiger partial charge in [-0.2, -0.15) is 0 Å². The first-order chi connectivity index (χ1) is 16.3. The van der Waals surface area contributed by atoms with E-state index in [4.69, 9.17) is 16.2 Å². The lowest BCUT2D eigenvalue weighted by atomic mass is 9.66. The molecule has 8 heteroatoms. The van der Waals surface area contributed by atoms with Crippen LogP contribution in [0.4, 0.5) is 10.5 Å². The molecule has 1 saturated carbocycles. The number of carbonyl (C=O) groups is 2. The first-order valence-corrected chi connectivity index (χ1v) is 11.9. The van der Waals surface area contributed by atoms with Gasteiger partial charge in [-0.3, -0.25) is 9.69 Å². The Balaban J connectivity index is 1.45. The number of fused-ring (bicyclic) bond motifs is 4. The fraction of sp³-hybridized carbons (Fsp3) is 0.462. The summed E-state index contributed by atoms with van der Waals surface area (Å²) in [6.07, 6.45) is 4.19. The molecule has 5 N–H and O–H groups in total. The van der Waals surface area contributed by atoms with Crippen molar-refractivity contribution in [2.24, 2.45) is 17.4 Å². The van der Waals surface area contributed by atoms with Crippen LogP contribution in [0.2, 0.25) is 0 Å². The summed E-state index contributed by atoms with van der Waals surface area (Å²) in [5.74, 6) is 1.04. The number of nitrogens with zero attached hydrogens (tertiary/aromatic N) is 2. The number of nitrogens with two attached hydrogens (primary N) is 2. The molecule has 0 spiro atoms. The lowest BCUT2D eigenvalue weighted by Gasteiger charge is -2.57. The van der Waals surface area contributed by atoms with Gasteiger partial charge in [-0.1, -0.05) is 6.07 Å². The van der Waals surface area contributed by atoms with E-state index in [1.54, 1.807) is 36.3 Å². The summed E-state index contributed by atoms with van der Waals surface area (Å²) < 4.78 is 5.50. The van der Waals surface area contributed by atoms with Crippen molar-refractivity contribution < 1.29 is 14.3 Å². The van der Waals surface area contributed by atoms with Crippen LogP contribution in [0.3, 0.4) is 0 Å². The third-order valence-electron chi connectivity index (χ3n) is 7.77. The Morgan fingerprint density at radius 3 is 2.59 bits per heavy atom. The van der Waals surface area contributed by atoms with Crippen LogP contribution in [-0.4, -0.2) is 61.1 Å². The number of piperidine rings is 1. The molecule has 1 heterocycles. The quantitative estimate of drug-likeness (QED) is 0.609. The molecule has 1 unspecified atom stereocenters. The molecule has 0 radical (unpaired) electrons. The van der Waals surface area contributed by atoms with Gasteiger partial charge >= 0.3 is 6.03 Å². The highest BCUT2D eigenvalue weighted by Gasteiger charge is 2.54. The summed E-state index contributed by atoms with van der Waals surface area (Å²) in [7, 11) is 3.49. The largest absolute Gasteiger partial charge is 0.497 e. The Labute approximate surface area is 200 Å². The number of benzene rings is 2. The van der Waals surface area contributed by atoms with Crippen LogP contribution in [-0.2, 0) is 12.0 Å². The van der Waals surface area contributed by atoms with Gasteiger partial charge in [-0.05, 0) is 79.1 Å². The van der Waals surface area contributed by atoms with E-state index in [1.165, 1.54) is 18.4 Å². The molecule has 180 valence electrons. The maximum Gasteiger partial charge on any atom is 0.321 e. The number of rotatable bonds is 6. The third kappa shape index (κ3) is 4.01. The van der Waals surface area contributed by atoms with E-state index >= 15 is 0 Å². The van der Waals surface area contributed by atoms with E-state index in [0.717, 1.165) is 43.2 Å². The Morgan fingerprint density at radius 1 is 1.21 bits per heavy atom. The SMILES string of the molecule is COc1ccc2c(c1)[C@@]1(N)CCN(CC3CC3)C(C2)[C@H]1N(C)C(=O)Nc1ccc(C(N)=O)cc1. The number of likely N-dealkylation sites (tertiary alicyclic amines) is 1. The number of primary amides is 1. The fourth-order valence-electron chi connectivity index (χ4n) is 5.76. The molecule has 1 saturated heterocycles. The predicted octanol–water partition coefficient (Wildman–Crippen LogP) is 2.52. The predicted molar refractivity (Wildman–Crippen MR) is 131 cm³/mol. The zero-order valence-corrected chi connectivity index (χ0v) is 19.8. The van der Waals surface area contributed by atoms with Gasteiger partial charge in [0.25, 0.3) is 0 Å². The third-order valence-corrected chi connectivity index (χ3v) is 7.77. The standard InChI is InChI=1S/C26H33N5O3/c1-30(25(33)29-19-8-5-17(6-9-19)24(27)32)23-22-13-18-7-10-20(34-2)14-21(18)26(23,28)11-12-31(22)15-16-3-4-16/h5-10,14,16,22-23H,3-4,11-13,15,28H2,1-2H3,(H2,27,32)(H,29,33)/t22?,23-,26+/m1/s1. The second-order valence-electron chi connectivity index (χ2n) is 9.95. The van der Waals surface area contributed by atoms with Crippen LogP contribution in [0, 0.1) is 5.92 Å². The van der Waals surface area contributed by atoms with Crippen LogP contribution in [0.15, 0.2) is 42.5 Å². The number of ether oxygens (including phenoxy) is 1. The number of nitrogens with one attached hydrogen (secondary N) is 1. The minimum absolute atomic E-state index is 0.147. The lowest BCUT2D eigenvalue weighted by Crippen LogP contribution is -2.72. The molecule has 2 aromatic carbocycles. The Morgan fingerprint density at radius 2 is 1.94 bits per heavy atom. The van der Waals surface area contributed by atoms with Crippen molar-refractivity contribution in [2.75, 3.05) is 32.6 Å². The van der Waals surface area contributed by atoms with Crippen molar-refractivity contribution >= 4 is 17.6 Å². The van der Waals surface area contributed by atoms with E-state index in [9.17, 15) is 9.59 Å². The molecule has 3 aliphatic rings. The highest BCUT2D eigenvalue weighted by molar-refractivity contribution is 5.94. The molecule has 2 aliphatic carbocycles. The number of hydrogen-bond acceptors (Lipinski definition) is 5. The van der Waals surface area contributed by atoms with Crippen molar-refractivity contribution in [3.63, 3.8) is 0 Å². The first-order valence-electron chi connectivity index (χ1n) is 11.9. The summed E-state index contributed by atoms with van der Waals surface area (Å²) >= 11 is 0. The molecule has 8 nitrogen and oxygen atoms in total. The smallest absolute Gasteiger partial charge is 0.321 e. The normalized spacial score (nSPS) is 25.9. The number of hydrogen-bond donors (Lipinski definition) is 3. The minimum atomic E-state index is -0.672. The molecule has 2 fully saturated rings. The number of carbonyl (C=O) groups excluding carboxylic acids is 2. The second kappa shape index (κ2) is 8.60.